The molecule has 96 valence electrons. The van der Waals surface area contributed by atoms with Gasteiger partial charge in [0.1, 0.15) is 0 Å². The number of hydrogen-bond donors (Lipinski definition) is 1. The van der Waals surface area contributed by atoms with Gasteiger partial charge in [-0.25, -0.2) is 0 Å². The highest BCUT2D eigenvalue weighted by Gasteiger charge is 2.11. The fraction of sp³-hybridized carbons (Fsp3) is 0.600. The van der Waals surface area contributed by atoms with Gasteiger partial charge in [0.2, 0.25) is 0 Å². The Morgan fingerprint density at radius 2 is 1.65 bits per heavy atom. The summed E-state index contributed by atoms with van der Waals surface area (Å²) in [7, 11) is 2.10. The third-order valence-corrected chi connectivity index (χ3v) is 3.27. The number of aliphatic hydroxyl groups is 1. The summed E-state index contributed by atoms with van der Waals surface area (Å²) in [5, 5.41) is 10.2. The molecule has 0 bridgehead atoms. The molecule has 1 aromatic rings. The summed E-state index contributed by atoms with van der Waals surface area (Å²) in [6.07, 6.45) is 0.437. The molecule has 2 nitrogen and oxygen atoms in total. The van der Waals surface area contributed by atoms with Crippen molar-refractivity contribution < 1.29 is 5.11 Å². The van der Waals surface area contributed by atoms with Gasteiger partial charge in [0.15, 0.2) is 0 Å². The van der Waals surface area contributed by atoms with Crippen molar-refractivity contribution in [1.29, 1.82) is 0 Å². The van der Waals surface area contributed by atoms with Crippen molar-refractivity contribution in [2.45, 2.75) is 46.3 Å². The van der Waals surface area contributed by atoms with Crippen LogP contribution in [0, 0.1) is 13.8 Å². The summed E-state index contributed by atoms with van der Waals surface area (Å²) in [6.45, 7) is 9.41. The highest BCUT2D eigenvalue weighted by atomic mass is 16.3. The zero-order valence-electron chi connectivity index (χ0n) is 11.7. The molecule has 0 spiro atoms. The first-order valence-electron chi connectivity index (χ1n) is 6.36. The average molecular weight is 235 g/mol. The van der Waals surface area contributed by atoms with Gasteiger partial charge in [-0.3, -0.25) is 0 Å². The zero-order valence-corrected chi connectivity index (χ0v) is 11.7. The van der Waals surface area contributed by atoms with E-state index in [1.807, 2.05) is 0 Å². The highest BCUT2D eigenvalue weighted by Crippen LogP contribution is 2.20. The van der Waals surface area contributed by atoms with E-state index in [4.69, 9.17) is 0 Å². The fourth-order valence-electron chi connectivity index (χ4n) is 1.95. The van der Waals surface area contributed by atoms with Gasteiger partial charge in [0, 0.05) is 12.6 Å². The lowest BCUT2D eigenvalue weighted by molar-refractivity contribution is 0.141. The molecule has 0 fully saturated rings. The second-order valence-corrected chi connectivity index (χ2v) is 5.30. The molecule has 0 heterocycles. The second-order valence-electron chi connectivity index (χ2n) is 5.30. The average Bonchev–Trinajstić information content (AvgIpc) is 2.23. The molecule has 1 rings (SSSR count). The molecular weight excluding hydrogens is 210 g/mol. The Morgan fingerprint density at radius 1 is 1.12 bits per heavy atom. The molecule has 1 atom stereocenters. The summed E-state index contributed by atoms with van der Waals surface area (Å²) >= 11 is 0. The van der Waals surface area contributed by atoms with Crippen molar-refractivity contribution in [2.75, 3.05) is 13.6 Å². The molecule has 1 unspecified atom stereocenters. The van der Waals surface area contributed by atoms with Crippen molar-refractivity contribution >= 4 is 0 Å². The van der Waals surface area contributed by atoms with Crippen molar-refractivity contribution in [3.05, 3.63) is 34.9 Å². The summed E-state index contributed by atoms with van der Waals surface area (Å²) in [6, 6.07) is 6.82. The minimum atomic E-state index is -0.352. The normalized spacial score (nSPS) is 13.4. The summed E-state index contributed by atoms with van der Waals surface area (Å²) in [5.74, 6) is 0. The van der Waals surface area contributed by atoms with E-state index in [0.717, 1.165) is 18.5 Å². The largest absolute Gasteiger partial charge is 0.388 e. The summed E-state index contributed by atoms with van der Waals surface area (Å²) in [5.41, 5.74) is 3.48. The molecular formula is C15H25NO. The Labute approximate surface area is 105 Å². The van der Waals surface area contributed by atoms with Crippen molar-refractivity contribution in [3.8, 4) is 0 Å². The van der Waals surface area contributed by atoms with E-state index < -0.39 is 0 Å². The van der Waals surface area contributed by atoms with E-state index in [-0.39, 0.29) is 6.10 Å². The SMILES string of the molecule is Cc1cc(C)cc(C(O)CCN(C)C(C)C)c1. The van der Waals surface area contributed by atoms with E-state index in [0.29, 0.717) is 6.04 Å². The Kier molecular flexibility index (Phi) is 5.16. The van der Waals surface area contributed by atoms with Crippen LogP contribution in [0.1, 0.15) is 43.1 Å². The lowest BCUT2D eigenvalue weighted by atomic mass is 10.0. The quantitative estimate of drug-likeness (QED) is 0.848. The molecule has 0 saturated carbocycles. The number of hydrogen-bond acceptors (Lipinski definition) is 2. The Bertz CT molecular complexity index is 340. The van der Waals surface area contributed by atoms with Gasteiger partial charge in [0.25, 0.3) is 0 Å². The van der Waals surface area contributed by atoms with Crippen molar-refractivity contribution in [2.24, 2.45) is 0 Å². The van der Waals surface area contributed by atoms with E-state index in [1.165, 1.54) is 11.1 Å². The first-order valence-corrected chi connectivity index (χ1v) is 6.36. The van der Waals surface area contributed by atoms with Crippen LogP contribution in [0.3, 0.4) is 0 Å². The van der Waals surface area contributed by atoms with Gasteiger partial charge in [-0.05, 0) is 46.7 Å². The molecule has 0 aliphatic carbocycles. The van der Waals surface area contributed by atoms with Crippen LogP contribution in [-0.4, -0.2) is 29.6 Å². The minimum Gasteiger partial charge on any atom is -0.388 e. The first kappa shape index (κ1) is 14.2. The van der Waals surface area contributed by atoms with Gasteiger partial charge >= 0.3 is 0 Å². The number of benzene rings is 1. The Morgan fingerprint density at radius 3 is 2.12 bits per heavy atom. The smallest absolute Gasteiger partial charge is 0.0802 e. The monoisotopic (exact) mass is 235 g/mol. The van der Waals surface area contributed by atoms with Gasteiger partial charge in [0.05, 0.1) is 6.10 Å². The maximum absolute atomic E-state index is 10.2. The molecule has 0 aliphatic rings. The van der Waals surface area contributed by atoms with Gasteiger partial charge in [-0.15, -0.1) is 0 Å². The fourth-order valence-corrected chi connectivity index (χ4v) is 1.95. The van der Waals surface area contributed by atoms with Gasteiger partial charge in [-0.2, -0.15) is 0 Å². The van der Waals surface area contributed by atoms with E-state index >= 15 is 0 Å². The predicted molar refractivity (Wildman–Crippen MR) is 73.3 cm³/mol. The molecule has 0 aromatic heterocycles. The van der Waals surface area contributed by atoms with Crippen LogP contribution in [0.15, 0.2) is 18.2 Å². The third-order valence-electron chi connectivity index (χ3n) is 3.27. The van der Waals surface area contributed by atoms with Gasteiger partial charge in [-0.1, -0.05) is 29.3 Å². The van der Waals surface area contributed by atoms with Crippen LogP contribution in [0.5, 0.6) is 0 Å². The van der Waals surface area contributed by atoms with Crippen LogP contribution in [-0.2, 0) is 0 Å². The van der Waals surface area contributed by atoms with E-state index in [9.17, 15) is 5.11 Å². The van der Waals surface area contributed by atoms with Crippen LogP contribution in [0.25, 0.3) is 0 Å². The molecule has 1 aromatic carbocycles. The van der Waals surface area contributed by atoms with E-state index in [2.05, 4.69) is 57.8 Å². The molecule has 0 amide bonds. The minimum absolute atomic E-state index is 0.352. The van der Waals surface area contributed by atoms with Crippen LogP contribution < -0.4 is 0 Å². The van der Waals surface area contributed by atoms with Crippen LogP contribution in [0.2, 0.25) is 0 Å². The lowest BCUT2D eigenvalue weighted by Crippen LogP contribution is -2.28. The first-order chi connectivity index (χ1) is 7.90. The number of rotatable bonds is 5. The number of aliphatic hydroxyl groups excluding tert-OH is 1. The van der Waals surface area contributed by atoms with Crippen molar-refractivity contribution in [3.63, 3.8) is 0 Å². The maximum Gasteiger partial charge on any atom is 0.0802 e. The summed E-state index contributed by atoms with van der Waals surface area (Å²) < 4.78 is 0. The molecule has 0 aliphatic heterocycles. The third kappa shape index (κ3) is 4.49. The maximum atomic E-state index is 10.2. The standard InChI is InChI=1S/C15H25NO/c1-11(2)16(5)7-6-15(17)14-9-12(3)8-13(4)10-14/h8-11,15,17H,6-7H2,1-5H3. The second kappa shape index (κ2) is 6.18. The molecule has 17 heavy (non-hydrogen) atoms. The molecule has 0 saturated heterocycles. The Balaban J connectivity index is 2.60. The topological polar surface area (TPSA) is 23.5 Å². The molecule has 1 N–H and O–H groups in total. The predicted octanol–water partition coefficient (Wildman–Crippen LogP) is 3.07. The van der Waals surface area contributed by atoms with Gasteiger partial charge < -0.3 is 10.0 Å². The van der Waals surface area contributed by atoms with E-state index in [1.54, 1.807) is 0 Å². The lowest BCUT2D eigenvalue weighted by Gasteiger charge is -2.22. The Hall–Kier alpha value is -0.860. The summed E-state index contributed by atoms with van der Waals surface area (Å²) in [4.78, 5) is 2.26. The highest BCUT2D eigenvalue weighted by molar-refractivity contribution is 5.29. The van der Waals surface area contributed by atoms with Crippen LogP contribution >= 0.6 is 0 Å². The zero-order chi connectivity index (χ0) is 13.0. The molecule has 0 radical (unpaired) electrons. The number of nitrogens with zero attached hydrogens (tertiary/aromatic N) is 1. The van der Waals surface area contributed by atoms with Crippen LogP contribution in [0.4, 0.5) is 0 Å². The molecule has 2 heteroatoms. The van der Waals surface area contributed by atoms with Crippen molar-refractivity contribution in [1.82, 2.24) is 4.90 Å². The number of aryl methyl sites for hydroxylation is 2.